The van der Waals surface area contributed by atoms with Crippen LogP contribution in [0.2, 0.25) is 0 Å². The molecule has 6 nitrogen and oxygen atoms in total. The van der Waals surface area contributed by atoms with Crippen LogP contribution in [0.1, 0.15) is 29.7 Å². The molecule has 1 aromatic heterocycles. The molecule has 0 fully saturated rings. The van der Waals surface area contributed by atoms with Gasteiger partial charge in [-0.2, -0.15) is 0 Å². The number of aryl methyl sites for hydroxylation is 1. The van der Waals surface area contributed by atoms with E-state index in [0.29, 0.717) is 12.1 Å². The molecule has 0 aliphatic carbocycles. The van der Waals surface area contributed by atoms with Gasteiger partial charge in [-0.25, -0.2) is 13.2 Å². The SMILES string of the molecule is CCCNC(=O)NCC(c1cccnc1)S(=O)(=O)c1ccc(C)cc1. The zero-order valence-electron chi connectivity index (χ0n) is 14.4. The minimum absolute atomic E-state index is 0.0303. The number of nitrogens with one attached hydrogen (secondary N) is 2. The lowest BCUT2D eigenvalue weighted by Crippen LogP contribution is -2.39. The van der Waals surface area contributed by atoms with Gasteiger partial charge in [-0.05, 0) is 37.1 Å². The van der Waals surface area contributed by atoms with Crippen molar-refractivity contribution in [2.75, 3.05) is 13.1 Å². The lowest BCUT2D eigenvalue weighted by atomic mass is 10.2. The maximum absolute atomic E-state index is 13.1. The maximum Gasteiger partial charge on any atom is 0.314 e. The quantitative estimate of drug-likeness (QED) is 0.793. The lowest BCUT2D eigenvalue weighted by molar-refractivity contribution is 0.241. The van der Waals surface area contributed by atoms with Crippen LogP contribution in [0.25, 0.3) is 0 Å². The van der Waals surface area contributed by atoms with Crippen molar-refractivity contribution in [1.82, 2.24) is 15.6 Å². The highest BCUT2D eigenvalue weighted by Crippen LogP contribution is 2.28. The van der Waals surface area contributed by atoms with Crippen LogP contribution >= 0.6 is 0 Å². The summed E-state index contributed by atoms with van der Waals surface area (Å²) in [6, 6.07) is 9.70. The summed E-state index contributed by atoms with van der Waals surface area (Å²) in [5, 5.41) is 4.42. The number of aromatic nitrogens is 1. The minimum Gasteiger partial charge on any atom is -0.338 e. The topological polar surface area (TPSA) is 88.2 Å². The van der Waals surface area contributed by atoms with E-state index in [2.05, 4.69) is 15.6 Å². The molecule has 2 rings (SSSR count). The number of carbonyl (C=O) groups is 1. The molecule has 1 aromatic carbocycles. The van der Waals surface area contributed by atoms with Crippen molar-refractivity contribution in [3.8, 4) is 0 Å². The van der Waals surface area contributed by atoms with Gasteiger partial charge in [0.25, 0.3) is 0 Å². The van der Waals surface area contributed by atoms with E-state index in [0.717, 1.165) is 12.0 Å². The number of urea groups is 1. The van der Waals surface area contributed by atoms with Gasteiger partial charge in [0.15, 0.2) is 9.84 Å². The molecule has 0 radical (unpaired) electrons. The molecule has 134 valence electrons. The summed E-state index contributed by atoms with van der Waals surface area (Å²) in [6.07, 6.45) is 3.91. The van der Waals surface area contributed by atoms with Crippen molar-refractivity contribution < 1.29 is 13.2 Å². The third kappa shape index (κ3) is 5.03. The van der Waals surface area contributed by atoms with Crippen LogP contribution in [0.4, 0.5) is 4.79 Å². The third-order valence-electron chi connectivity index (χ3n) is 3.76. The van der Waals surface area contributed by atoms with Crippen LogP contribution in [0.3, 0.4) is 0 Å². The molecule has 7 heteroatoms. The van der Waals surface area contributed by atoms with E-state index in [1.165, 1.54) is 6.20 Å². The minimum atomic E-state index is -3.67. The van der Waals surface area contributed by atoms with E-state index in [9.17, 15) is 13.2 Å². The molecule has 2 aromatic rings. The molecule has 25 heavy (non-hydrogen) atoms. The van der Waals surface area contributed by atoms with E-state index in [1.54, 1.807) is 42.6 Å². The van der Waals surface area contributed by atoms with E-state index in [1.807, 2.05) is 13.8 Å². The first kappa shape index (κ1) is 18.9. The number of carbonyl (C=O) groups excluding carboxylic acids is 1. The predicted molar refractivity (Wildman–Crippen MR) is 97.0 cm³/mol. The average molecular weight is 361 g/mol. The number of hydrogen-bond acceptors (Lipinski definition) is 4. The second kappa shape index (κ2) is 8.62. The Labute approximate surface area is 148 Å². The fraction of sp³-hybridized carbons (Fsp3) is 0.333. The summed E-state index contributed by atoms with van der Waals surface area (Å²) >= 11 is 0. The number of amides is 2. The first-order valence-electron chi connectivity index (χ1n) is 8.17. The Hall–Kier alpha value is -2.41. The largest absolute Gasteiger partial charge is 0.338 e. The number of pyridine rings is 1. The Morgan fingerprint density at radius 2 is 1.88 bits per heavy atom. The molecule has 0 aliphatic rings. The summed E-state index contributed by atoms with van der Waals surface area (Å²) < 4.78 is 26.1. The van der Waals surface area contributed by atoms with Gasteiger partial charge in [0, 0.05) is 25.5 Å². The van der Waals surface area contributed by atoms with Crippen molar-refractivity contribution in [3.63, 3.8) is 0 Å². The summed E-state index contributed by atoms with van der Waals surface area (Å²) in [5.74, 6) is 0. The van der Waals surface area contributed by atoms with Gasteiger partial charge in [-0.3, -0.25) is 4.98 Å². The fourth-order valence-electron chi connectivity index (χ4n) is 2.35. The second-order valence-electron chi connectivity index (χ2n) is 5.77. The van der Waals surface area contributed by atoms with E-state index >= 15 is 0 Å². The number of nitrogens with zero attached hydrogens (tertiary/aromatic N) is 1. The molecule has 0 saturated heterocycles. The van der Waals surface area contributed by atoms with Crippen LogP contribution in [0.15, 0.2) is 53.7 Å². The number of benzene rings is 1. The van der Waals surface area contributed by atoms with Crippen molar-refractivity contribution in [1.29, 1.82) is 0 Å². The molecular formula is C18H23N3O3S. The highest BCUT2D eigenvalue weighted by molar-refractivity contribution is 7.91. The van der Waals surface area contributed by atoms with Crippen LogP contribution < -0.4 is 10.6 Å². The van der Waals surface area contributed by atoms with Gasteiger partial charge in [-0.15, -0.1) is 0 Å². The summed E-state index contributed by atoms with van der Waals surface area (Å²) in [4.78, 5) is 16.0. The van der Waals surface area contributed by atoms with Gasteiger partial charge in [-0.1, -0.05) is 30.7 Å². The van der Waals surface area contributed by atoms with Crippen molar-refractivity contribution >= 4 is 15.9 Å². The van der Waals surface area contributed by atoms with Crippen molar-refractivity contribution in [2.24, 2.45) is 0 Å². The van der Waals surface area contributed by atoms with Gasteiger partial charge >= 0.3 is 6.03 Å². The van der Waals surface area contributed by atoms with Crippen LogP contribution in [0, 0.1) is 6.92 Å². The Kier molecular flexibility index (Phi) is 6.52. The van der Waals surface area contributed by atoms with Crippen LogP contribution in [0.5, 0.6) is 0 Å². The highest BCUT2D eigenvalue weighted by atomic mass is 32.2. The fourth-order valence-corrected chi connectivity index (χ4v) is 4.00. The second-order valence-corrected chi connectivity index (χ2v) is 7.90. The van der Waals surface area contributed by atoms with E-state index in [4.69, 9.17) is 0 Å². The zero-order chi connectivity index (χ0) is 18.3. The normalized spacial score (nSPS) is 12.4. The molecule has 1 heterocycles. The smallest absolute Gasteiger partial charge is 0.314 e. The Bertz CT molecular complexity index is 790. The predicted octanol–water partition coefficient (Wildman–Crippen LogP) is 2.61. The summed E-state index contributed by atoms with van der Waals surface area (Å²) in [5.41, 5.74) is 1.52. The molecule has 1 unspecified atom stereocenters. The van der Waals surface area contributed by atoms with Gasteiger partial charge < -0.3 is 10.6 Å². The summed E-state index contributed by atoms with van der Waals surface area (Å²) in [6.45, 7) is 4.35. The molecule has 0 saturated carbocycles. The Morgan fingerprint density at radius 3 is 2.48 bits per heavy atom. The standard InChI is InChI=1S/C18H23N3O3S/c1-3-10-20-18(22)21-13-17(15-5-4-11-19-12-15)25(23,24)16-8-6-14(2)7-9-16/h4-9,11-12,17H,3,10,13H2,1-2H3,(H2,20,21,22). The van der Waals surface area contributed by atoms with Crippen LogP contribution in [-0.4, -0.2) is 32.5 Å². The maximum atomic E-state index is 13.1. The monoisotopic (exact) mass is 361 g/mol. The first-order valence-corrected chi connectivity index (χ1v) is 9.72. The first-order chi connectivity index (χ1) is 11.9. The third-order valence-corrected chi connectivity index (χ3v) is 5.88. The molecule has 0 spiro atoms. The average Bonchev–Trinajstić information content (AvgIpc) is 2.61. The number of sulfone groups is 1. The molecule has 2 N–H and O–H groups in total. The number of rotatable bonds is 7. The molecule has 1 atom stereocenters. The molecular weight excluding hydrogens is 338 g/mol. The van der Waals surface area contributed by atoms with Crippen molar-refractivity contribution in [3.05, 3.63) is 59.9 Å². The number of hydrogen-bond donors (Lipinski definition) is 2. The molecule has 0 aliphatic heterocycles. The molecule has 0 bridgehead atoms. The lowest BCUT2D eigenvalue weighted by Gasteiger charge is -2.19. The highest BCUT2D eigenvalue weighted by Gasteiger charge is 2.29. The Morgan fingerprint density at radius 1 is 1.16 bits per heavy atom. The Balaban J connectivity index is 2.28. The van der Waals surface area contributed by atoms with Gasteiger partial charge in [0.05, 0.1) is 4.90 Å². The molecule has 2 amide bonds. The van der Waals surface area contributed by atoms with Gasteiger partial charge in [0.1, 0.15) is 5.25 Å². The van der Waals surface area contributed by atoms with E-state index in [-0.39, 0.29) is 17.5 Å². The van der Waals surface area contributed by atoms with Crippen LogP contribution in [-0.2, 0) is 9.84 Å². The summed E-state index contributed by atoms with van der Waals surface area (Å²) in [7, 11) is -3.67. The zero-order valence-corrected chi connectivity index (χ0v) is 15.2. The van der Waals surface area contributed by atoms with Crippen molar-refractivity contribution in [2.45, 2.75) is 30.4 Å². The van der Waals surface area contributed by atoms with E-state index < -0.39 is 15.1 Å². The van der Waals surface area contributed by atoms with Gasteiger partial charge in [0.2, 0.25) is 0 Å².